The lowest BCUT2D eigenvalue weighted by molar-refractivity contribution is 0.533. The molecular formula is C18H18FN5O. The Bertz CT molecular complexity index is 928. The maximum Gasteiger partial charge on any atom is 0.298 e. The molecule has 0 N–H and O–H groups in total. The van der Waals surface area contributed by atoms with E-state index < -0.39 is 0 Å². The zero-order valence-electron chi connectivity index (χ0n) is 13.9. The highest BCUT2D eigenvalue weighted by atomic mass is 19.1. The van der Waals surface area contributed by atoms with Crippen LogP contribution in [-0.2, 0) is 0 Å². The summed E-state index contributed by atoms with van der Waals surface area (Å²) < 4.78 is 19.1. The minimum absolute atomic E-state index is 0.290. The summed E-state index contributed by atoms with van der Waals surface area (Å²) in [6.45, 7) is 5.75. The molecule has 2 unspecified atom stereocenters. The quantitative estimate of drug-likeness (QED) is 0.715. The van der Waals surface area contributed by atoms with E-state index in [0.29, 0.717) is 29.0 Å². The van der Waals surface area contributed by atoms with Gasteiger partial charge >= 0.3 is 0 Å². The smallest absolute Gasteiger partial charge is 0.298 e. The van der Waals surface area contributed by atoms with Gasteiger partial charge in [0.25, 0.3) is 6.01 Å². The Balaban J connectivity index is 1.33. The van der Waals surface area contributed by atoms with E-state index in [9.17, 15) is 4.39 Å². The van der Waals surface area contributed by atoms with Gasteiger partial charge in [0.05, 0.1) is 0 Å². The Kier molecular flexibility index (Phi) is 3.16. The Labute approximate surface area is 144 Å². The first-order valence-corrected chi connectivity index (χ1v) is 8.50. The van der Waals surface area contributed by atoms with Crippen molar-refractivity contribution in [2.45, 2.75) is 6.92 Å². The number of benzene rings is 1. The van der Waals surface area contributed by atoms with Crippen LogP contribution in [0, 0.1) is 24.6 Å². The zero-order chi connectivity index (χ0) is 17.0. The number of hydrogen-bond acceptors (Lipinski definition) is 6. The third-order valence-electron chi connectivity index (χ3n) is 5.21. The van der Waals surface area contributed by atoms with Crippen LogP contribution in [0.15, 0.2) is 35.0 Å². The molecule has 2 fully saturated rings. The fraction of sp³-hybridized carbons (Fsp3) is 0.389. The number of oxazole rings is 1. The second kappa shape index (κ2) is 5.40. The monoisotopic (exact) mass is 339 g/mol. The van der Waals surface area contributed by atoms with Gasteiger partial charge in [-0.3, -0.25) is 0 Å². The number of aromatic nitrogens is 3. The van der Waals surface area contributed by atoms with E-state index in [4.69, 9.17) is 4.42 Å². The third kappa shape index (κ3) is 2.50. The first-order valence-electron chi connectivity index (χ1n) is 8.50. The number of hydrogen-bond donors (Lipinski definition) is 0. The minimum Gasteiger partial charge on any atom is -0.423 e. The second-order valence-corrected chi connectivity index (χ2v) is 6.96. The molecular weight excluding hydrogens is 321 g/mol. The van der Waals surface area contributed by atoms with Crippen LogP contribution in [0.5, 0.6) is 0 Å². The molecule has 2 aliphatic heterocycles. The van der Waals surface area contributed by atoms with Gasteiger partial charge in [-0.15, -0.1) is 0 Å². The van der Waals surface area contributed by atoms with Gasteiger partial charge in [-0.1, -0.05) is 0 Å². The molecule has 0 saturated carbocycles. The Morgan fingerprint density at radius 1 is 1.04 bits per heavy atom. The highest BCUT2D eigenvalue weighted by molar-refractivity contribution is 5.74. The van der Waals surface area contributed by atoms with E-state index in [1.807, 2.05) is 13.0 Å². The predicted molar refractivity (Wildman–Crippen MR) is 92.1 cm³/mol. The number of nitrogens with zero attached hydrogens (tertiary/aromatic N) is 5. The van der Waals surface area contributed by atoms with Gasteiger partial charge in [0.15, 0.2) is 5.58 Å². The fourth-order valence-corrected chi connectivity index (χ4v) is 3.97. The number of fused-ring (bicyclic) bond motifs is 2. The molecule has 0 bridgehead atoms. The van der Waals surface area contributed by atoms with Crippen molar-refractivity contribution in [2.75, 3.05) is 36.0 Å². The van der Waals surface area contributed by atoms with E-state index in [-0.39, 0.29) is 5.82 Å². The third-order valence-corrected chi connectivity index (χ3v) is 5.21. The average molecular weight is 339 g/mol. The molecule has 7 heteroatoms. The highest BCUT2D eigenvalue weighted by Crippen LogP contribution is 2.36. The number of aryl methyl sites for hydroxylation is 1. The van der Waals surface area contributed by atoms with Gasteiger partial charge in [0.2, 0.25) is 0 Å². The SMILES string of the molecule is Cc1cc(N2CC3CN(c4nc5cc(F)ccc5o4)CC3C2)ncn1. The average Bonchev–Trinajstić information content (AvgIpc) is 3.26. The van der Waals surface area contributed by atoms with Crippen molar-refractivity contribution >= 4 is 22.9 Å². The van der Waals surface area contributed by atoms with E-state index in [1.54, 1.807) is 12.4 Å². The van der Waals surface area contributed by atoms with Crippen molar-refractivity contribution in [3.8, 4) is 0 Å². The number of anilines is 2. The lowest BCUT2D eigenvalue weighted by Crippen LogP contribution is -2.29. The van der Waals surface area contributed by atoms with Crippen LogP contribution in [0.4, 0.5) is 16.2 Å². The first-order chi connectivity index (χ1) is 12.2. The molecule has 4 heterocycles. The van der Waals surface area contributed by atoms with Gasteiger partial charge in [-0.25, -0.2) is 14.4 Å². The molecule has 128 valence electrons. The highest BCUT2D eigenvalue weighted by Gasteiger charge is 2.41. The molecule has 2 aromatic heterocycles. The maximum absolute atomic E-state index is 13.3. The molecule has 2 saturated heterocycles. The molecule has 0 spiro atoms. The summed E-state index contributed by atoms with van der Waals surface area (Å²) in [5, 5.41) is 0. The van der Waals surface area contributed by atoms with Crippen molar-refractivity contribution in [3.05, 3.63) is 42.1 Å². The van der Waals surface area contributed by atoms with Crippen LogP contribution >= 0.6 is 0 Å². The second-order valence-electron chi connectivity index (χ2n) is 6.96. The fourth-order valence-electron chi connectivity index (χ4n) is 3.97. The molecule has 1 aromatic carbocycles. The Morgan fingerprint density at radius 2 is 1.80 bits per heavy atom. The first kappa shape index (κ1) is 14.6. The van der Waals surface area contributed by atoms with Crippen LogP contribution in [0.3, 0.4) is 0 Å². The van der Waals surface area contributed by atoms with Gasteiger partial charge < -0.3 is 14.2 Å². The van der Waals surface area contributed by atoms with E-state index in [1.165, 1.54) is 12.1 Å². The molecule has 0 aliphatic carbocycles. The summed E-state index contributed by atoms with van der Waals surface area (Å²) in [6, 6.07) is 7.08. The standard InChI is InChI=1S/C18H18FN5O/c1-11-4-17(21-10-20-11)23-6-12-8-24(9-13(12)7-23)18-22-15-5-14(19)2-3-16(15)25-18/h2-5,10,12-13H,6-9H2,1H3. The number of halogens is 1. The summed E-state index contributed by atoms with van der Waals surface area (Å²) in [5.74, 6) is 1.83. The Hall–Kier alpha value is -2.70. The van der Waals surface area contributed by atoms with Crippen LogP contribution in [0.25, 0.3) is 11.1 Å². The largest absolute Gasteiger partial charge is 0.423 e. The van der Waals surface area contributed by atoms with Crippen molar-refractivity contribution < 1.29 is 8.81 Å². The zero-order valence-corrected chi connectivity index (χ0v) is 13.9. The lowest BCUT2D eigenvalue weighted by Gasteiger charge is -2.21. The summed E-state index contributed by atoms with van der Waals surface area (Å²) in [5.41, 5.74) is 2.19. The Morgan fingerprint density at radius 3 is 2.56 bits per heavy atom. The van der Waals surface area contributed by atoms with Crippen LogP contribution in [0.1, 0.15) is 5.69 Å². The summed E-state index contributed by atoms with van der Waals surface area (Å²) in [7, 11) is 0. The molecule has 0 amide bonds. The summed E-state index contributed by atoms with van der Waals surface area (Å²) in [6.07, 6.45) is 1.63. The van der Waals surface area contributed by atoms with Crippen LogP contribution in [0.2, 0.25) is 0 Å². The lowest BCUT2D eigenvalue weighted by atomic mass is 10.0. The maximum atomic E-state index is 13.3. The van der Waals surface area contributed by atoms with Crippen LogP contribution < -0.4 is 9.80 Å². The molecule has 2 aliphatic rings. The van der Waals surface area contributed by atoms with Crippen molar-refractivity contribution in [2.24, 2.45) is 11.8 Å². The van der Waals surface area contributed by atoms with Gasteiger partial charge in [-0.05, 0) is 19.1 Å². The van der Waals surface area contributed by atoms with E-state index >= 15 is 0 Å². The summed E-state index contributed by atoms with van der Waals surface area (Å²) >= 11 is 0. The van der Waals surface area contributed by atoms with E-state index in [0.717, 1.165) is 37.7 Å². The molecule has 3 aromatic rings. The molecule has 5 rings (SSSR count). The molecule has 2 atom stereocenters. The van der Waals surface area contributed by atoms with Gasteiger partial charge in [0.1, 0.15) is 23.5 Å². The minimum atomic E-state index is -0.290. The topological polar surface area (TPSA) is 58.3 Å². The molecule has 0 radical (unpaired) electrons. The van der Waals surface area contributed by atoms with E-state index in [2.05, 4.69) is 24.8 Å². The predicted octanol–water partition coefficient (Wildman–Crippen LogP) is 2.64. The van der Waals surface area contributed by atoms with Crippen LogP contribution in [-0.4, -0.2) is 41.1 Å². The van der Waals surface area contributed by atoms with Crippen molar-refractivity contribution in [1.82, 2.24) is 15.0 Å². The number of rotatable bonds is 2. The molecule has 25 heavy (non-hydrogen) atoms. The van der Waals surface area contributed by atoms with Gasteiger partial charge in [0, 0.05) is 55.8 Å². The van der Waals surface area contributed by atoms with Crippen molar-refractivity contribution in [1.29, 1.82) is 0 Å². The molecule has 6 nitrogen and oxygen atoms in total. The normalized spacial score (nSPS) is 22.8. The summed E-state index contributed by atoms with van der Waals surface area (Å²) in [4.78, 5) is 17.5. The van der Waals surface area contributed by atoms with Gasteiger partial charge in [-0.2, -0.15) is 4.98 Å². The van der Waals surface area contributed by atoms with Crippen molar-refractivity contribution in [3.63, 3.8) is 0 Å².